The van der Waals surface area contributed by atoms with E-state index in [-0.39, 0.29) is 5.56 Å². The Labute approximate surface area is 65.6 Å². The number of aryl methyl sites for hydroxylation is 2. The normalized spacial score (nSPS) is 9.73. The Morgan fingerprint density at radius 3 is 2.45 bits per heavy atom. The van der Waals surface area contributed by atoms with Gasteiger partial charge in [0.15, 0.2) is 0 Å². The molecule has 3 nitrogen and oxygen atoms in total. The van der Waals surface area contributed by atoms with E-state index in [2.05, 4.69) is 5.43 Å². The van der Waals surface area contributed by atoms with Crippen LogP contribution in [-0.2, 0) is 0 Å². The minimum Gasteiger partial charge on any atom is -0.326 e. The Kier molecular flexibility index (Phi) is 1.98. The van der Waals surface area contributed by atoms with Crippen LogP contribution in [0.4, 0.5) is 0 Å². The van der Waals surface area contributed by atoms with Crippen molar-refractivity contribution in [1.82, 2.24) is 4.68 Å². The van der Waals surface area contributed by atoms with Gasteiger partial charge in [0.1, 0.15) is 0 Å². The fraction of sp³-hybridized carbons (Fsp3) is 0.375. The van der Waals surface area contributed by atoms with Gasteiger partial charge in [-0.25, -0.2) is 4.68 Å². The molecule has 0 aliphatic rings. The summed E-state index contributed by atoms with van der Waals surface area (Å²) in [6, 6.07) is 3.73. The first kappa shape index (κ1) is 7.85. The molecule has 0 fully saturated rings. The lowest BCUT2D eigenvalue weighted by atomic mass is 10.3. The molecule has 0 atom stereocenters. The number of nitrogens with zero attached hydrogens (tertiary/aromatic N) is 1. The smallest absolute Gasteiger partial charge is 0.271 e. The van der Waals surface area contributed by atoms with Crippen LogP contribution >= 0.6 is 0 Å². The van der Waals surface area contributed by atoms with Crippen molar-refractivity contribution >= 4 is 0 Å². The van der Waals surface area contributed by atoms with E-state index < -0.39 is 0 Å². The second-order valence-electron chi connectivity index (χ2n) is 2.52. The first-order valence-electron chi connectivity index (χ1n) is 3.54. The minimum atomic E-state index is 0.0208. The summed E-state index contributed by atoms with van der Waals surface area (Å²) in [6.07, 6.45) is 0. The molecule has 0 bridgehead atoms. The van der Waals surface area contributed by atoms with E-state index in [9.17, 15) is 4.79 Å². The summed E-state index contributed by atoms with van der Waals surface area (Å²) in [7, 11) is 1.73. The largest absolute Gasteiger partial charge is 0.326 e. The highest BCUT2D eigenvalue weighted by Gasteiger charge is 1.98. The second-order valence-corrected chi connectivity index (χ2v) is 2.52. The third-order valence-corrected chi connectivity index (χ3v) is 1.69. The number of rotatable bonds is 1. The topological polar surface area (TPSA) is 34.0 Å². The Hall–Kier alpha value is -1.25. The van der Waals surface area contributed by atoms with E-state index in [0.717, 1.165) is 11.3 Å². The van der Waals surface area contributed by atoms with E-state index in [1.165, 1.54) is 4.68 Å². The molecule has 1 aromatic heterocycles. The van der Waals surface area contributed by atoms with Crippen molar-refractivity contribution in [2.45, 2.75) is 13.8 Å². The molecular weight excluding hydrogens is 140 g/mol. The highest BCUT2D eigenvalue weighted by atomic mass is 16.1. The van der Waals surface area contributed by atoms with Crippen molar-refractivity contribution < 1.29 is 0 Å². The molecule has 1 heterocycles. The summed E-state index contributed by atoms with van der Waals surface area (Å²) in [5.74, 6) is 0. The van der Waals surface area contributed by atoms with E-state index >= 15 is 0 Å². The van der Waals surface area contributed by atoms with Gasteiger partial charge in [0.25, 0.3) is 5.56 Å². The van der Waals surface area contributed by atoms with Gasteiger partial charge in [-0.15, -0.1) is 0 Å². The van der Waals surface area contributed by atoms with Gasteiger partial charge >= 0.3 is 0 Å². The van der Waals surface area contributed by atoms with Crippen molar-refractivity contribution in [3.63, 3.8) is 0 Å². The van der Waals surface area contributed by atoms with Gasteiger partial charge in [-0.2, -0.15) is 0 Å². The van der Waals surface area contributed by atoms with Crippen molar-refractivity contribution in [2.24, 2.45) is 0 Å². The van der Waals surface area contributed by atoms with Gasteiger partial charge in [-0.3, -0.25) is 4.79 Å². The molecule has 3 heteroatoms. The third-order valence-electron chi connectivity index (χ3n) is 1.69. The molecule has 0 aliphatic heterocycles. The predicted molar refractivity (Wildman–Crippen MR) is 45.5 cm³/mol. The molecule has 0 saturated carbocycles. The Bertz CT molecular complexity index is 314. The summed E-state index contributed by atoms with van der Waals surface area (Å²) in [5, 5.41) is 0. The molecule has 11 heavy (non-hydrogen) atoms. The number of hydrogen-bond acceptors (Lipinski definition) is 2. The monoisotopic (exact) mass is 152 g/mol. The molecule has 60 valence electrons. The van der Waals surface area contributed by atoms with Crippen molar-refractivity contribution in [3.8, 4) is 0 Å². The number of aromatic nitrogens is 1. The molecule has 0 unspecified atom stereocenters. The summed E-state index contributed by atoms with van der Waals surface area (Å²) in [6.45, 7) is 3.69. The van der Waals surface area contributed by atoms with Crippen LogP contribution in [0.5, 0.6) is 0 Å². The molecule has 0 aliphatic carbocycles. The van der Waals surface area contributed by atoms with Crippen LogP contribution in [0, 0.1) is 13.8 Å². The average molecular weight is 152 g/mol. The summed E-state index contributed by atoms with van der Waals surface area (Å²) in [4.78, 5) is 11.3. The highest BCUT2D eigenvalue weighted by Crippen LogP contribution is 1.93. The summed E-state index contributed by atoms with van der Waals surface area (Å²) < 4.78 is 1.52. The molecule has 1 N–H and O–H groups in total. The highest BCUT2D eigenvalue weighted by molar-refractivity contribution is 5.14. The van der Waals surface area contributed by atoms with Crippen molar-refractivity contribution in [3.05, 3.63) is 33.7 Å². The maximum Gasteiger partial charge on any atom is 0.271 e. The van der Waals surface area contributed by atoms with Gasteiger partial charge in [0, 0.05) is 18.3 Å². The number of hydrogen-bond donors (Lipinski definition) is 1. The first-order chi connectivity index (χ1) is 5.16. The van der Waals surface area contributed by atoms with E-state index in [1.54, 1.807) is 14.0 Å². The van der Waals surface area contributed by atoms with Crippen LogP contribution in [0.15, 0.2) is 16.9 Å². The van der Waals surface area contributed by atoms with Gasteiger partial charge in [0.2, 0.25) is 0 Å². The zero-order chi connectivity index (χ0) is 8.43. The molecular formula is C8H12N2O. The number of nitrogens with one attached hydrogen (secondary N) is 1. The summed E-state index contributed by atoms with van der Waals surface area (Å²) in [5.41, 5.74) is 4.50. The standard InChI is InChI=1S/C8H12N2O/c1-6-4-5-7(2)10(9-3)8(6)11/h4-5,9H,1-3H3. The SMILES string of the molecule is CNn1c(C)ccc(C)c1=O. The molecule has 1 aromatic rings. The second kappa shape index (κ2) is 2.78. The van der Waals surface area contributed by atoms with Crippen molar-refractivity contribution in [1.29, 1.82) is 0 Å². The van der Waals surface area contributed by atoms with Gasteiger partial charge in [-0.05, 0) is 19.9 Å². The quantitative estimate of drug-likeness (QED) is 0.640. The molecule has 0 radical (unpaired) electrons. The Morgan fingerprint density at radius 1 is 1.36 bits per heavy atom. The van der Waals surface area contributed by atoms with Crippen LogP contribution in [0.1, 0.15) is 11.3 Å². The van der Waals surface area contributed by atoms with Gasteiger partial charge in [-0.1, -0.05) is 6.07 Å². The van der Waals surface area contributed by atoms with E-state index in [4.69, 9.17) is 0 Å². The van der Waals surface area contributed by atoms with Gasteiger partial charge < -0.3 is 5.43 Å². The Balaban J connectivity index is 3.41. The summed E-state index contributed by atoms with van der Waals surface area (Å²) >= 11 is 0. The molecule has 0 amide bonds. The van der Waals surface area contributed by atoms with Crippen LogP contribution in [0.2, 0.25) is 0 Å². The average Bonchev–Trinajstić information content (AvgIpc) is 1.99. The van der Waals surface area contributed by atoms with Gasteiger partial charge in [0.05, 0.1) is 0 Å². The third kappa shape index (κ3) is 1.27. The lowest BCUT2D eigenvalue weighted by molar-refractivity contribution is 0.822. The molecule has 0 spiro atoms. The van der Waals surface area contributed by atoms with Crippen LogP contribution in [0.3, 0.4) is 0 Å². The maximum atomic E-state index is 11.3. The molecule has 1 rings (SSSR count). The predicted octanol–water partition coefficient (Wildman–Crippen LogP) is 0.638. The zero-order valence-electron chi connectivity index (χ0n) is 7.01. The van der Waals surface area contributed by atoms with E-state index in [0.29, 0.717) is 0 Å². The fourth-order valence-electron chi connectivity index (χ4n) is 1.01. The minimum absolute atomic E-state index is 0.0208. The lowest BCUT2D eigenvalue weighted by Gasteiger charge is -2.08. The lowest BCUT2D eigenvalue weighted by Crippen LogP contribution is -2.29. The molecule has 0 aromatic carbocycles. The van der Waals surface area contributed by atoms with Crippen LogP contribution < -0.4 is 11.0 Å². The zero-order valence-corrected chi connectivity index (χ0v) is 7.01. The van der Waals surface area contributed by atoms with E-state index in [1.807, 2.05) is 19.1 Å². The maximum absolute atomic E-state index is 11.3. The fourth-order valence-corrected chi connectivity index (χ4v) is 1.01. The molecule has 0 saturated heterocycles. The van der Waals surface area contributed by atoms with Crippen molar-refractivity contribution in [2.75, 3.05) is 12.5 Å². The first-order valence-corrected chi connectivity index (χ1v) is 3.54. The Morgan fingerprint density at radius 2 is 2.00 bits per heavy atom. The van der Waals surface area contributed by atoms with Crippen LogP contribution in [-0.4, -0.2) is 11.7 Å². The number of pyridine rings is 1. The van der Waals surface area contributed by atoms with Crippen LogP contribution in [0.25, 0.3) is 0 Å².